The van der Waals surface area contributed by atoms with E-state index >= 15 is 0 Å². The second-order valence-corrected chi connectivity index (χ2v) is 4.94. The Hall–Kier alpha value is -1.39. The molecule has 0 aliphatic rings. The van der Waals surface area contributed by atoms with Gasteiger partial charge in [-0.1, -0.05) is 17.8 Å². The van der Waals surface area contributed by atoms with Crippen molar-refractivity contribution in [2.45, 2.75) is 18.1 Å². The summed E-state index contributed by atoms with van der Waals surface area (Å²) in [4.78, 5) is 1.31. The zero-order valence-corrected chi connectivity index (χ0v) is 10.0. The zero-order chi connectivity index (χ0) is 11.2. The van der Waals surface area contributed by atoms with Crippen LogP contribution in [0.2, 0.25) is 0 Å². The lowest BCUT2D eigenvalue weighted by molar-refractivity contribution is 0.551. The van der Waals surface area contributed by atoms with Gasteiger partial charge in [0, 0.05) is 11.3 Å². The average Bonchev–Trinajstić information content (AvgIpc) is 2.94. The maximum atomic E-state index is 8.49. The molecular weight excluding hydrogens is 242 g/mol. The Morgan fingerprint density at radius 3 is 3.25 bits per heavy atom. The number of thioether (sulfide) groups is 1. The maximum absolute atomic E-state index is 8.49. The molecular formula is C9H9N5S2. The molecule has 0 amide bonds. The highest BCUT2D eigenvalue weighted by Crippen LogP contribution is 2.14. The van der Waals surface area contributed by atoms with Crippen molar-refractivity contribution in [2.75, 3.05) is 5.75 Å². The summed E-state index contributed by atoms with van der Waals surface area (Å²) in [6.45, 7) is 0.751. The highest BCUT2D eigenvalue weighted by Gasteiger charge is 2.06. The van der Waals surface area contributed by atoms with Gasteiger partial charge < -0.3 is 0 Å². The summed E-state index contributed by atoms with van der Waals surface area (Å²) < 4.78 is 1.74. The van der Waals surface area contributed by atoms with E-state index in [1.54, 1.807) is 16.0 Å². The van der Waals surface area contributed by atoms with E-state index in [1.165, 1.54) is 16.6 Å². The molecule has 0 bridgehead atoms. The molecule has 5 nitrogen and oxygen atoms in total. The summed E-state index contributed by atoms with van der Waals surface area (Å²) in [6.07, 6.45) is 0.919. The first kappa shape index (κ1) is 11.1. The first-order valence-corrected chi connectivity index (χ1v) is 6.55. The molecule has 2 rings (SSSR count). The lowest BCUT2D eigenvalue weighted by Gasteiger charge is -2.00. The Bertz CT molecular complexity index is 470. The normalized spacial score (nSPS) is 10.2. The van der Waals surface area contributed by atoms with Crippen molar-refractivity contribution >= 4 is 23.1 Å². The maximum Gasteiger partial charge on any atom is 0.210 e. The SMILES string of the molecule is N#CCSc1nnnn1CCc1cccs1. The molecule has 82 valence electrons. The fraction of sp³-hybridized carbons (Fsp3) is 0.333. The first-order valence-electron chi connectivity index (χ1n) is 4.68. The molecule has 0 radical (unpaired) electrons. The Balaban J connectivity index is 1.94. The number of hydrogen-bond acceptors (Lipinski definition) is 6. The Morgan fingerprint density at radius 1 is 1.56 bits per heavy atom. The van der Waals surface area contributed by atoms with Gasteiger partial charge in [0.15, 0.2) is 0 Å². The van der Waals surface area contributed by atoms with E-state index in [2.05, 4.69) is 33.0 Å². The minimum atomic E-state index is 0.374. The molecule has 0 saturated carbocycles. The van der Waals surface area contributed by atoms with Gasteiger partial charge in [-0.3, -0.25) is 0 Å². The van der Waals surface area contributed by atoms with Gasteiger partial charge in [0.1, 0.15) is 0 Å². The molecule has 2 heterocycles. The van der Waals surface area contributed by atoms with Crippen molar-refractivity contribution in [3.05, 3.63) is 22.4 Å². The van der Waals surface area contributed by atoms with Gasteiger partial charge in [-0.15, -0.1) is 16.4 Å². The minimum Gasteiger partial charge on any atom is -0.220 e. The summed E-state index contributed by atoms with van der Waals surface area (Å²) in [5, 5.41) is 22.6. The predicted molar refractivity (Wildman–Crippen MR) is 62.2 cm³/mol. The van der Waals surface area contributed by atoms with Crippen LogP contribution in [0.25, 0.3) is 0 Å². The van der Waals surface area contributed by atoms with E-state index in [0.717, 1.165) is 13.0 Å². The molecule has 0 atom stereocenters. The van der Waals surface area contributed by atoms with Crippen molar-refractivity contribution < 1.29 is 0 Å². The van der Waals surface area contributed by atoms with Crippen LogP contribution in [0.1, 0.15) is 4.88 Å². The summed E-state index contributed by atoms with van der Waals surface area (Å²) >= 11 is 3.09. The van der Waals surface area contributed by atoms with E-state index in [1.807, 2.05) is 6.07 Å². The van der Waals surface area contributed by atoms with Crippen molar-refractivity contribution in [2.24, 2.45) is 0 Å². The van der Waals surface area contributed by atoms with E-state index in [9.17, 15) is 0 Å². The Morgan fingerprint density at radius 2 is 2.50 bits per heavy atom. The van der Waals surface area contributed by atoms with Crippen LogP contribution in [-0.4, -0.2) is 26.0 Å². The summed E-state index contributed by atoms with van der Waals surface area (Å²) in [5.41, 5.74) is 0. The van der Waals surface area contributed by atoms with Crippen molar-refractivity contribution in [3.8, 4) is 6.07 Å². The lowest BCUT2D eigenvalue weighted by atomic mass is 10.3. The number of nitriles is 1. The standard InChI is InChI=1S/C9H9N5S2/c10-4-7-16-9-11-12-13-14(9)5-3-8-2-1-6-15-8/h1-2,6H,3,5,7H2. The topological polar surface area (TPSA) is 67.4 Å². The van der Waals surface area contributed by atoms with Crippen LogP contribution in [0.15, 0.2) is 22.7 Å². The molecule has 2 aromatic heterocycles. The Labute approximate surface area is 101 Å². The van der Waals surface area contributed by atoms with Crippen LogP contribution in [0, 0.1) is 11.3 Å². The van der Waals surface area contributed by atoms with Gasteiger partial charge in [0.2, 0.25) is 5.16 Å². The largest absolute Gasteiger partial charge is 0.220 e. The molecule has 7 heteroatoms. The number of aromatic nitrogens is 4. The fourth-order valence-corrected chi connectivity index (χ4v) is 2.47. The Kier molecular flexibility index (Phi) is 3.91. The smallest absolute Gasteiger partial charge is 0.210 e. The third-order valence-electron chi connectivity index (χ3n) is 1.91. The summed E-state index contributed by atoms with van der Waals surface area (Å²) in [5.74, 6) is 0.374. The van der Waals surface area contributed by atoms with Gasteiger partial charge in [-0.25, -0.2) is 4.68 Å². The van der Waals surface area contributed by atoms with Crippen molar-refractivity contribution in [1.82, 2.24) is 20.2 Å². The number of hydrogen-bond donors (Lipinski definition) is 0. The second kappa shape index (κ2) is 5.63. The number of thiophene rings is 1. The molecule has 0 saturated heterocycles. The number of nitrogens with zero attached hydrogens (tertiary/aromatic N) is 5. The molecule has 0 spiro atoms. The third-order valence-corrected chi connectivity index (χ3v) is 3.68. The zero-order valence-electron chi connectivity index (χ0n) is 8.41. The highest BCUT2D eigenvalue weighted by molar-refractivity contribution is 7.99. The van der Waals surface area contributed by atoms with Crippen molar-refractivity contribution in [3.63, 3.8) is 0 Å². The predicted octanol–water partition coefficient (Wildman–Crippen LogP) is 1.59. The molecule has 0 unspecified atom stereocenters. The van der Waals surface area contributed by atoms with Gasteiger partial charge >= 0.3 is 0 Å². The summed E-state index contributed by atoms with van der Waals surface area (Å²) in [7, 11) is 0. The number of aryl methyl sites for hydroxylation is 2. The number of rotatable bonds is 5. The van der Waals surface area contributed by atoms with Crippen molar-refractivity contribution in [1.29, 1.82) is 5.26 Å². The van der Waals surface area contributed by atoms with Crippen LogP contribution in [0.3, 0.4) is 0 Å². The van der Waals surface area contributed by atoms with E-state index < -0.39 is 0 Å². The monoisotopic (exact) mass is 251 g/mol. The quantitative estimate of drug-likeness (QED) is 0.755. The van der Waals surface area contributed by atoms with E-state index in [4.69, 9.17) is 5.26 Å². The second-order valence-electron chi connectivity index (χ2n) is 2.96. The first-order chi connectivity index (χ1) is 7.90. The fourth-order valence-electron chi connectivity index (χ4n) is 1.21. The van der Waals surface area contributed by atoms with Crippen LogP contribution in [-0.2, 0) is 13.0 Å². The highest BCUT2D eigenvalue weighted by atomic mass is 32.2. The summed E-state index contributed by atoms with van der Waals surface area (Å²) in [6, 6.07) is 6.19. The molecule has 16 heavy (non-hydrogen) atoms. The molecule has 0 N–H and O–H groups in total. The minimum absolute atomic E-state index is 0.374. The third kappa shape index (κ3) is 2.81. The van der Waals surface area contributed by atoms with Gasteiger partial charge in [0.25, 0.3) is 0 Å². The number of tetrazole rings is 1. The van der Waals surface area contributed by atoms with Gasteiger partial charge in [-0.2, -0.15) is 5.26 Å². The molecule has 0 aromatic carbocycles. The molecule has 0 aliphatic heterocycles. The molecule has 2 aromatic rings. The van der Waals surface area contributed by atoms with E-state index in [0.29, 0.717) is 10.9 Å². The lowest BCUT2D eigenvalue weighted by Crippen LogP contribution is -2.04. The molecule has 0 aliphatic carbocycles. The van der Waals surface area contributed by atoms with Crippen LogP contribution in [0.4, 0.5) is 0 Å². The van der Waals surface area contributed by atoms with Crippen LogP contribution >= 0.6 is 23.1 Å². The van der Waals surface area contributed by atoms with E-state index in [-0.39, 0.29) is 0 Å². The van der Waals surface area contributed by atoms with Gasteiger partial charge in [-0.05, 0) is 21.9 Å². The van der Waals surface area contributed by atoms with Gasteiger partial charge in [0.05, 0.1) is 18.4 Å². The molecule has 0 fully saturated rings. The average molecular weight is 251 g/mol. The van der Waals surface area contributed by atoms with Crippen LogP contribution < -0.4 is 0 Å². The van der Waals surface area contributed by atoms with Crippen LogP contribution in [0.5, 0.6) is 0 Å².